The molecule has 0 aromatic heterocycles. The molecule has 2 aliphatic rings. The van der Waals surface area contributed by atoms with Crippen LogP contribution in [0.1, 0.15) is 52.8 Å². The van der Waals surface area contributed by atoms with Gasteiger partial charge in [0.15, 0.2) is 0 Å². The first kappa shape index (κ1) is 23.8. The van der Waals surface area contributed by atoms with Gasteiger partial charge in [-0.2, -0.15) is 0 Å². The first-order chi connectivity index (χ1) is 16.6. The Hall–Kier alpha value is -3.39. The van der Waals surface area contributed by atoms with Gasteiger partial charge in [-0.3, -0.25) is 14.4 Å². The van der Waals surface area contributed by atoms with Crippen LogP contribution >= 0.6 is 0 Å². The molecular weight excluding hydrogens is 432 g/mol. The van der Waals surface area contributed by atoms with Gasteiger partial charge in [-0.25, -0.2) is 0 Å². The monoisotopic (exact) mass is 464 g/mol. The quantitative estimate of drug-likeness (QED) is 0.584. The fourth-order valence-electron chi connectivity index (χ4n) is 4.32. The van der Waals surface area contributed by atoms with Gasteiger partial charge in [-0.15, -0.1) is 0 Å². The predicted octanol–water partition coefficient (Wildman–Crippen LogP) is 3.27. The summed E-state index contributed by atoms with van der Waals surface area (Å²) in [5.41, 5.74) is 2.47. The highest BCUT2D eigenvalue weighted by molar-refractivity contribution is 5.98. The van der Waals surface area contributed by atoms with Crippen LogP contribution in [-0.2, 0) is 9.53 Å². The van der Waals surface area contributed by atoms with Crippen molar-refractivity contribution in [3.05, 3.63) is 59.7 Å². The zero-order valence-corrected chi connectivity index (χ0v) is 19.3. The average Bonchev–Trinajstić information content (AvgIpc) is 2.88. The van der Waals surface area contributed by atoms with Crippen molar-refractivity contribution < 1.29 is 19.1 Å². The molecule has 1 heterocycles. The number of benzene rings is 2. The number of morpholine rings is 1. The maximum Gasteiger partial charge on any atom is 0.254 e. The highest BCUT2D eigenvalue weighted by Gasteiger charge is 2.19. The van der Waals surface area contributed by atoms with E-state index in [1.54, 1.807) is 53.4 Å². The Kier molecular flexibility index (Phi) is 8.14. The predicted molar refractivity (Wildman–Crippen MR) is 131 cm³/mol. The summed E-state index contributed by atoms with van der Waals surface area (Å²) < 4.78 is 5.30. The van der Waals surface area contributed by atoms with E-state index >= 15 is 0 Å². The van der Waals surface area contributed by atoms with Crippen molar-refractivity contribution in [3.63, 3.8) is 0 Å². The van der Waals surface area contributed by atoms with E-state index in [9.17, 15) is 14.4 Å². The fraction of sp³-hybridized carbons (Fsp3) is 0.423. The summed E-state index contributed by atoms with van der Waals surface area (Å²) in [5.74, 6) is -0.345. The zero-order valence-electron chi connectivity index (χ0n) is 19.3. The number of carbonyl (C=O) groups is 3. The van der Waals surface area contributed by atoms with Crippen LogP contribution in [0.4, 0.5) is 11.4 Å². The molecule has 0 spiro atoms. The minimum Gasteiger partial charge on any atom is -0.378 e. The molecule has 2 fully saturated rings. The van der Waals surface area contributed by atoms with E-state index in [4.69, 9.17) is 4.74 Å². The van der Waals surface area contributed by atoms with Gasteiger partial charge in [0, 0.05) is 41.6 Å². The van der Waals surface area contributed by atoms with Gasteiger partial charge in [0.05, 0.1) is 19.8 Å². The summed E-state index contributed by atoms with van der Waals surface area (Å²) in [6, 6.07) is 14.3. The summed E-state index contributed by atoms with van der Waals surface area (Å²) in [5, 5.41) is 9.00. The lowest BCUT2D eigenvalue weighted by atomic mass is 9.95. The van der Waals surface area contributed by atoms with Crippen LogP contribution in [0.3, 0.4) is 0 Å². The van der Waals surface area contributed by atoms with Gasteiger partial charge in [0.25, 0.3) is 11.8 Å². The number of anilines is 2. The second-order valence-corrected chi connectivity index (χ2v) is 8.77. The average molecular weight is 465 g/mol. The van der Waals surface area contributed by atoms with Crippen LogP contribution in [0.2, 0.25) is 0 Å². The summed E-state index contributed by atoms with van der Waals surface area (Å²) in [6.45, 7) is 2.29. The second-order valence-electron chi connectivity index (χ2n) is 8.77. The van der Waals surface area contributed by atoms with E-state index < -0.39 is 0 Å². The first-order valence-corrected chi connectivity index (χ1v) is 12.0. The minimum absolute atomic E-state index is 0.0531. The molecule has 2 aromatic rings. The molecule has 0 bridgehead atoms. The summed E-state index contributed by atoms with van der Waals surface area (Å²) in [4.78, 5) is 39.3. The molecule has 1 saturated carbocycles. The van der Waals surface area contributed by atoms with E-state index in [2.05, 4.69) is 16.0 Å². The molecule has 0 radical (unpaired) electrons. The maximum absolute atomic E-state index is 12.7. The molecular formula is C26H32N4O4. The number of amides is 3. The zero-order chi connectivity index (χ0) is 23.8. The van der Waals surface area contributed by atoms with Crippen LogP contribution < -0.4 is 16.0 Å². The van der Waals surface area contributed by atoms with Crippen molar-refractivity contribution in [2.45, 2.75) is 38.1 Å². The van der Waals surface area contributed by atoms with Gasteiger partial charge in [-0.1, -0.05) is 25.3 Å². The SMILES string of the molecule is O=C(CNc1ccc(C(=O)NC2CCCCC2)cc1)Nc1cccc(C(=O)N2CCOCC2)c1. The Bertz CT molecular complexity index is 996. The summed E-state index contributed by atoms with van der Waals surface area (Å²) >= 11 is 0. The van der Waals surface area contributed by atoms with Crippen molar-refractivity contribution in [3.8, 4) is 0 Å². The first-order valence-electron chi connectivity index (χ1n) is 12.0. The topological polar surface area (TPSA) is 99.8 Å². The Labute approximate surface area is 200 Å². The largest absolute Gasteiger partial charge is 0.378 e. The standard InChI is InChI=1S/C26H32N4O4/c31-24(28-23-8-4-5-20(17-23)26(33)30-13-15-34-16-14-30)18-27-21-11-9-19(10-12-21)25(32)29-22-6-2-1-3-7-22/h4-5,8-12,17,22,27H,1-3,6-7,13-16,18H2,(H,28,31)(H,29,32). The van der Waals surface area contributed by atoms with Crippen molar-refractivity contribution >= 4 is 29.1 Å². The lowest BCUT2D eigenvalue weighted by Gasteiger charge is -2.27. The molecule has 8 heteroatoms. The third-order valence-electron chi connectivity index (χ3n) is 6.23. The van der Waals surface area contributed by atoms with E-state index in [1.807, 2.05) is 0 Å². The number of ether oxygens (including phenoxy) is 1. The van der Waals surface area contributed by atoms with E-state index in [1.165, 1.54) is 19.3 Å². The molecule has 180 valence electrons. The van der Waals surface area contributed by atoms with Crippen molar-refractivity contribution in [1.29, 1.82) is 0 Å². The number of hydrogen-bond acceptors (Lipinski definition) is 5. The van der Waals surface area contributed by atoms with Crippen LogP contribution in [0.5, 0.6) is 0 Å². The minimum atomic E-state index is -0.227. The molecule has 2 aromatic carbocycles. The van der Waals surface area contributed by atoms with Gasteiger partial charge in [0.1, 0.15) is 0 Å². The van der Waals surface area contributed by atoms with E-state index in [-0.39, 0.29) is 30.3 Å². The van der Waals surface area contributed by atoms with Crippen LogP contribution in [-0.4, -0.2) is 61.5 Å². The molecule has 8 nitrogen and oxygen atoms in total. The molecule has 3 amide bonds. The van der Waals surface area contributed by atoms with Gasteiger partial charge in [0.2, 0.25) is 5.91 Å². The van der Waals surface area contributed by atoms with Crippen LogP contribution in [0, 0.1) is 0 Å². The highest BCUT2D eigenvalue weighted by atomic mass is 16.5. The third-order valence-corrected chi connectivity index (χ3v) is 6.23. The summed E-state index contributed by atoms with van der Waals surface area (Å²) in [7, 11) is 0. The highest BCUT2D eigenvalue weighted by Crippen LogP contribution is 2.18. The fourth-order valence-corrected chi connectivity index (χ4v) is 4.32. The lowest BCUT2D eigenvalue weighted by molar-refractivity contribution is -0.114. The summed E-state index contributed by atoms with van der Waals surface area (Å²) in [6.07, 6.45) is 5.68. The molecule has 0 unspecified atom stereocenters. The second kappa shape index (κ2) is 11.7. The number of rotatable bonds is 7. The smallest absolute Gasteiger partial charge is 0.254 e. The molecule has 1 aliphatic carbocycles. The number of nitrogens with zero attached hydrogens (tertiary/aromatic N) is 1. The van der Waals surface area contributed by atoms with Crippen molar-refractivity contribution in [1.82, 2.24) is 10.2 Å². The normalized spacial score (nSPS) is 16.5. The molecule has 1 aliphatic heterocycles. The van der Waals surface area contributed by atoms with Gasteiger partial charge >= 0.3 is 0 Å². The number of carbonyl (C=O) groups excluding carboxylic acids is 3. The Morgan fingerprint density at radius 1 is 0.882 bits per heavy atom. The maximum atomic E-state index is 12.7. The van der Waals surface area contributed by atoms with E-state index in [0.717, 1.165) is 18.5 Å². The Morgan fingerprint density at radius 3 is 2.35 bits per heavy atom. The van der Waals surface area contributed by atoms with Crippen molar-refractivity contribution in [2.24, 2.45) is 0 Å². The lowest BCUT2D eigenvalue weighted by Crippen LogP contribution is -2.40. The van der Waals surface area contributed by atoms with Crippen LogP contribution in [0.25, 0.3) is 0 Å². The van der Waals surface area contributed by atoms with Crippen LogP contribution in [0.15, 0.2) is 48.5 Å². The van der Waals surface area contributed by atoms with Gasteiger partial charge < -0.3 is 25.6 Å². The molecule has 1 saturated heterocycles. The van der Waals surface area contributed by atoms with Gasteiger partial charge in [-0.05, 0) is 55.3 Å². The molecule has 0 atom stereocenters. The Balaban J connectivity index is 1.25. The molecule has 4 rings (SSSR count). The Morgan fingerprint density at radius 2 is 1.62 bits per heavy atom. The number of hydrogen-bond donors (Lipinski definition) is 3. The number of nitrogens with one attached hydrogen (secondary N) is 3. The molecule has 3 N–H and O–H groups in total. The molecule has 34 heavy (non-hydrogen) atoms. The van der Waals surface area contributed by atoms with E-state index in [0.29, 0.717) is 43.1 Å². The van der Waals surface area contributed by atoms with Crippen molar-refractivity contribution in [2.75, 3.05) is 43.5 Å². The third kappa shape index (κ3) is 6.57.